The fourth-order valence-electron chi connectivity index (χ4n) is 1.16. The zero-order valence-electron chi connectivity index (χ0n) is 10.5. The van der Waals surface area contributed by atoms with E-state index in [-0.39, 0.29) is 11.9 Å². The summed E-state index contributed by atoms with van der Waals surface area (Å²) in [7, 11) is 1.47. The van der Waals surface area contributed by atoms with E-state index >= 15 is 0 Å². The van der Waals surface area contributed by atoms with E-state index in [0.717, 1.165) is 4.68 Å². The van der Waals surface area contributed by atoms with Crippen molar-refractivity contribution in [2.75, 3.05) is 19.0 Å². The van der Waals surface area contributed by atoms with Gasteiger partial charge in [0.15, 0.2) is 6.61 Å². The standard InChI is InChI=1S/C9H9F4N7O/c1-14-6-17-7(20-4-15-3-16-20)19-8(18-6)21-2-9(12,13)5(10)11/h3-5H,2H2,1H3,(H,14,17,18,19). The van der Waals surface area contributed by atoms with Crippen LogP contribution in [0, 0.1) is 0 Å². The predicted molar refractivity (Wildman–Crippen MR) is 60.7 cm³/mol. The largest absolute Gasteiger partial charge is 0.457 e. The maximum Gasteiger partial charge on any atom is 0.340 e. The molecular formula is C9H9F4N7O. The second kappa shape index (κ2) is 5.85. The Morgan fingerprint density at radius 3 is 2.67 bits per heavy atom. The molecule has 2 aromatic heterocycles. The molecule has 8 nitrogen and oxygen atoms in total. The van der Waals surface area contributed by atoms with Crippen LogP contribution in [0.4, 0.5) is 23.5 Å². The molecule has 0 saturated carbocycles. The van der Waals surface area contributed by atoms with Gasteiger partial charge in [-0.1, -0.05) is 0 Å². The molecule has 21 heavy (non-hydrogen) atoms. The fourth-order valence-corrected chi connectivity index (χ4v) is 1.16. The van der Waals surface area contributed by atoms with Gasteiger partial charge in [0.2, 0.25) is 5.95 Å². The molecule has 0 saturated heterocycles. The van der Waals surface area contributed by atoms with Gasteiger partial charge in [0.1, 0.15) is 12.7 Å². The number of anilines is 1. The van der Waals surface area contributed by atoms with Crippen LogP contribution in [0.5, 0.6) is 6.01 Å². The number of hydrogen-bond acceptors (Lipinski definition) is 7. The molecule has 0 atom stereocenters. The van der Waals surface area contributed by atoms with E-state index in [1.54, 1.807) is 0 Å². The Morgan fingerprint density at radius 1 is 1.33 bits per heavy atom. The van der Waals surface area contributed by atoms with Crippen molar-refractivity contribution in [2.24, 2.45) is 0 Å². The smallest absolute Gasteiger partial charge is 0.340 e. The van der Waals surface area contributed by atoms with Crippen molar-refractivity contribution in [2.45, 2.75) is 12.3 Å². The van der Waals surface area contributed by atoms with Crippen LogP contribution in [0.25, 0.3) is 5.95 Å². The van der Waals surface area contributed by atoms with E-state index in [4.69, 9.17) is 0 Å². The van der Waals surface area contributed by atoms with Crippen molar-refractivity contribution in [1.29, 1.82) is 0 Å². The van der Waals surface area contributed by atoms with Crippen LogP contribution < -0.4 is 10.1 Å². The summed E-state index contributed by atoms with van der Waals surface area (Å²) in [6.45, 7) is -1.56. The van der Waals surface area contributed by atoms with Gasteiger partial charge in [-0.3, -0.25) is 0 Å². The summed E-state index contributed by atoms with van der Waals surface area (Å²) in [5, 5.41) is 6.29. The van der Waals surface area contributed by atoms with E-state index in [1.807, 2.05) is 0 Å². The zero-order valence-corrected chi connectivity index (χ0v) is 10.5. The maximum absolute atomic E-state index is 12.8. The molecule has 0 fully saturated rings. The number of halogens is 4. The molecule has 12 heteroatoms. The summed E-state index contributed by atoms with van der Waals surface area (Å²) in [5.74, 6) is -4.38. The predicted octanol–water partition coefficient (Wildman–Crippen LogP) is 0.773. The Morgan fingerprint density at radius 2 is 2.10 bits per heavy atom. The highest BCUT2D eigenvalue weighted by atomic mass is 19.3. The third kappa shape index (κ3) is 3.52. The Balaban J connectivity index is 2.22. The lowest BCUT2D eigenvalue weighted by Gasteiger charge is -2.15. The number of ether oxygens (including phenoxy) is 1. The minimum Gasteiger partial charge on any atom is -0.457 e. The van der Waals surface area contributed by atoms with Crippen molar-refractivity contribution in [3.8, 4) is 12.0 Å². The van der Waals surface area contributed by atoms with E-state index < -0.39 is 25.0 Å². The summed E-state index contributed by atoms with van der Waals surface area (Å²) in [6, 6.07) is -0.542. The van der Waals surface area contributed by atoms with Crippen LogP contribution in [0.15, 0.2) is 12.7 Å². The first-order valence-corrected chi connectivity index (χ1v) is 5.50. The Bertz CT molecular complexity index is 592. The first-order chi connectivity index (χ1) is 9.92. The van der Waals surface area contributed by atoms with Crippen LogP contribution in [0.1, 0.15) is 0 Å². The second-order valence-electron chi connectivity index (χ2n) is 3.68. The van der Waals surface area contributed by atoms with Gasteiger partial charge < -0.3 is 10.1 Å². The summed E-state index contributed by atoms with van der Waals surface area (Å²) < 4.78 is 55.3. The maximum atomic E-state index is 12.8. The minimum atomic E-state index is -4.31. The van der Waals surface area contributed by atoms with Crippen molar-refractivity contribution in [1.82, 2.24) is 29.7 Å². The van der Waals surface area contributed by atoms with E-state index in [0.29, 0.717) is 0 Å². The van der Waals surface area contributed by atoms with Crippen LogP contribution in [0.2, 0.25) is 0 Å². The Kier molecular flexibility index (Phi) is 4.14. The molecule has 0 unspecified atom stereocenters. The van der Waals surface area contributed by atoms with Crippen LogP contribution in [-0.2, 0) is 0 Å². The van der Waals surface area contributed by atoms with Gasteiger partial charge in [-0.15, -0.1) is 0 Å². The quantitative estimate of drug-likeness (QED) is 0.788. The molecule has 0 spiro atoms. The number of rotatable bonds is 6. The molecule has 2 rings (SSSR count). The molecule has 114 valence electrons. The summed E-state index contributed by atoms with van der Waals surface area (Å²) in [6.07, 6.45) is -1.39. The van der Waals surface area contributed by atoms with Crippen LogP contribution in [0.3, 0.4) is 0 Å². The number of hydrogen-bond donors (Lipinski definition) is 1. The molecule has 0 amide bonds. The molecule has 0 aliphatic rings. The van der Waals surface area contributed by atoms with Crippen molar-refractivity contribution in [3.05, 3.63) is 12.7 Å². The summed E-state index contributed by atoms with van der Waals surface area (Å²) in [5.41, 5.74) is 0. The summed E-state index contributed by atoms with van der Waals surface area (Å²) >= 11 is 0. The highest BCUT2D eigenvalue weighted by Crippen LogP contribution is 2.23. The highest BCUT2D eigenvalue weighted by molar-refractivity contribution is 5.28. The molecule has 0 radical (unpaired) electrons. The number of alkyl halides is 4. The Hall–Kier alpha value is -2.53. The van der Waals surface area contributed by atoms with Crippen molar-refractivity contribution < 1.29 is 22.3 Å². The number of nitrogens with one attached hydrogen (secondary N) is 1. The topological polar surface area (TPSA) is 90.6 Å². The van der Waals surface area contributed by atoms with Gasteiger partial charge in [0.25, 0.3) is 5.95 Å². The molecule has 0 bridgehead atoms. The van der Waals surface area contributed by atoms with Crippen LogP contribution >= 0.6 is 0 Å². The molecule has 0 aliphatic carbocycles. The minimum absolute atomic E-state index is 0.00846. The van der Waals surface area contributed by atoms with E-state index in [9.17, 15) is 17.6 Å². The van der Waals surface area contributed by atoms with Gasteiger partial charge in [0.05, 0.1) is 0 Å². The van der Waals surface area contributed by atoms with Gasteiger partial charge in [-0.05, 0) is 0 Å². The average Bonchev–Trinajstić information content (AvgIpc) is 2.99. The van der Waals surface area contributed by atoms with Gasteiger partial charge >= 0.3 is 18.4 Å². The average molecular weight is 307 g/mol. The normalized spacial score (nSPS) is 11.7. The van der Waals surface area contributed by atoms with Crippen molar-refractivity contribution in [3.63, 3.8) is 0 Å². The fraction of sp³-hybridized carbons (Fsp3) is 0.444. The Labute approximate surface area is 115 Å². The second-order valence-corrected chi connectivity index (χ2v) is 3.68. The van der Waals surface area contributed by atoms with Gasteiger partial charge in [-0.2, -0.15) is 33.5 Å². The van der Waals surface area contributed by atoms with Crippen LogP contribution in [-0.4, -0.2) is 55.7 Å². The highest BCUT2D eigenvalue weighted by Gasteiger charge is 2.42. The van der Waals surface area contributed by atoms with E-state index in [2.05, 4.69) is 35.1 Å². The lowest BCUT2D eigenvalue weighted by molar-refractivity contribution is -0.149. The van der Waals surface area contributed by atoms with Gasteiger partial charge in [-0.25, -0.2) is 13.8 Å². The SMILES string of the molecule is CNc1nc(OCC(F)(F)C(F)F)nc(-n2cncn2)n1. The van der Waals surface area contributed by atoms with Crippen molar-refractivity contribution >= 4 is 5.95 Å². The molecule has 0 aliphatic heterocycles. The molecule has 2 heterocycles. The first kappa shape index (κ1) is 14.9. The third-order valence-electron chi connectivity index (χ3n) is 2.16. The third-order valence-corrected chi connectivity index (χ3v) is 2.16. The number of aromatic nitrogens is 6. The monoisotopic (exact) mass is 307 g/mol. The lowest BCUT2D eigenvalue weighted by Crippen LogP contribution is -2.34. The van der Waals surface area contributed by atoms with E-state index in [1.165, 1.54) is 19.7 Å². The molecule has 1 N–H and O–H groups in total. The van der Waals surface area contributed by atoms with Gasteiger partial charge in [0, 0.05) is 7.05 Å². The number of nitrogens with zero attached hydrogens (tertiary/aromatic N) is 6. The first-order valence-electron chi connectivity index (χ1n) is 5.50. The zero-order chi connectivity index (χ0) is 15.5. The molecular weight excluding hydrogens is 298 g/mol. The molecule has 0 aromatic carbocycles. The lowest BCUT2D eigenvalue weighted by atomic mass is 10.4. The molecule has 2 aromatic rings. The summed E-state index contributed by atoms with van der Waals surface area (Å²) in [4.78, 5) is 14.9.